The fourth-order valence-corrected chi connectivity index (χ4v) is 3.00. The van der Waals surface area contributed by atoms with Crippen LogP contribution in [-0.2, 0) is 13.1 Å². The average molecular weight is 258 g/mol. The van der Waals surface area contributed by atoms with Gasteiger partial charge in [0.25, 0.3) is 0 Å². The number of hydrogen-bond donors (Lipinski definition) is 1. The Morgan fingerprint density at radius 2 is 2.05 bits per heavy atom. The van der Waals surface area contributed by atoms with E-state index in [2.05, 4.69) is 48.3 Å². The molecule has 1 N–H and O–H groups in total. The lowest BCUT2D eigenvalue weighted by Gasteiger charge is -2.20. The second kappa shape index (κ2) is 5.26. The lowest BCUT2D eigenvalue weighted by atomic mass is 9.93. The molecule has 2 aliphatic rings. The minimum Gasteiger partial charge on any atom is -0.310 e. The lowest BCUT2D eigenvalue weighted by Crippen LogP contribution is -2.23. The fourth-order valence-electron chi connectivity index (χ4n) is 3.00. The molecule has 2 fully saturated rings. The molecule has 0 unspecified atom stereocenters. The van der Waals surface area contributed by atoms with Crippen molar-refractivity contribution < 1.29 is 0 Å². The van der Waals surface area contributed by atoms with Crippen LogP contribution in [0.2, 0.25) is 0 Å². The summed E-state index contributed by atoms with van der Waals surface area (Å²) < 4.78 is 0. The summed E-state index contributed by atoms with van der Waals surface area (Å²) >= 11 is 0. The largest absolute Gasteiger partial charge is 0.310 e. The zero-order chi connectivity index (χ0) is 13.3. The van der Waals surface area contributed by atoms with Crippen molar-refractivity contribution in [3.05, 3.63) is 35.4 Å². The summed E-state index contributed by atoms with van der Waals surface area (Å²) in [7, 11) is 0. The average Bonchev–Trinajstić information content (AvgIpc) is 3.13. The Morgan fingerprint density at radius 1 is 1.26 bits per heavy atom. The van der Waals surface area contributed by atoms with Gasteiger partial charge in [0.15, 0.2) is 0 Å². The van der Waals surface area contributed by atoms with Crippen molar-refractivity contribution in [1.29, 1.82) is 0 Å². The lowest BCUT2D eigenvalue weighted by molar-refractivity contribution is 0.284. The summed E-state index contributed by atoms with van der Waals surface area (Å²) in [4.78, 5) is 2.59. The molecule has 1 aliphatic heterocycles. The van der Waals surface area contributed by atoms with E-state index in [1.807, 2.05) is 0 Å². The molecule has 1 heterocycles. The van der Waals surface area contributed by atoms with Crippen LogP contribution >= 0.6 is 0 Å². The van der Waals surface area contributed by atoms with Crippen molar-refractivity contribution in [1.82, 2.24) is 10.2 Å². The summed E-state index contributed by atoms with van der Waals surface area (Å²) in [6.07, 6.45) is 4.06. The van der Waals surface area contributed by atoms with E-state index in [1.165, 1.54) is 43.5 Å². The van der Waals surface area contributed by atoms with Gasteiger partial charge in [-0.2, -0.15) is 0 Å². The maximum atomic E-state index is 3.59. The number of hydrogen-bond acceptors (Lipinski definition) is 2. The molecule has 0 radical (unpaired) electrons. The third kappa shape index (κ3) is 3.80. The minimum absolute atomic E-state index is 0.505. The third-order valence-electron chi connectivity index (χ3n) is 4.33. The highest BCUT2D eigenvalue weighted by atomic mass is 15.1. The first-order chi connectivity index (χ1) is 9.11. The summed E-state index contributed by atoms with van der Waals surface area (Å²) in [6, 6.07) is 9.89. The predicted octanol–water partition coefficient (Wildman–Crippen LogP) is 3.17. The maximum absolute atomic E-state index is 3.59. The molecule has 3 rings (SSSR count). The molecule has 0 bridgehead atoms. The van der Waals surface area contributed by atoms with Gasteiger partial charge < -0.3 is 5.32 Å². The summed E-state index contributed by atoms with van der Waals surface area (Å²) in [6.45, 7) is 9.38. The summed E-state index contributed by atoms with van der Waals surface area (Å²) in [5, 5.41) is 3.59. The first-order valence-electron chi connectivity index (χ1n) is 7.64. The quantitative estimate of drug-likeness (QED) is 0.872. The normalized spacial score (nSPS) is 22.8. The molecule has 0 amide bonds. The zero-order valence-corrected chi connectivity index (χ0v) is 12.3. The molecule has 1 saturated carbocycles. The number of nitrogens with zero attached hydrogens (tertiary/aromatic N) is 1. The van der Waals surface area contributed by atoms with Crippen LogP contribution in [-0.4, -0.2) is 24.0 Å². The molecule has 19 heavy (non-hydrogen) atoms. The molecule has 1 aromatic carbocycles. The van der Waals surface area contributed by atoms with Crippen LogP contribution in [0.1, 0.15) is 44.2 Å². The highest BCUT2D eigenvalue weighted by molar-refractivity contribution is 5.23. The van der Waals surface area contributed by atoms with Crippen molar-refractivity contribution >= 4 is 0 Å². The van der Waals surface area contributed by atoms with E-state index >= 15 is 0 Å². The minimum atomic E-state index is 0.505. The molecule has 2 heteroatoms. The van der Waals surface area contributed by atoms with Gasteiger partial charge in [0.05, 0.1) is 0 Å². The van der Waals surface area contributed by atoms with E-state index < -0.39 is 0 Å². The van der Waals surface area contributed by atoms with Crippen LogP contribution < -0.4 is 5.32 Å². The number of benzene rings is 1. The van der Waals surface area contributed by atoms with Crippen LogP contribution in [0, 0.1) is 5.41 Å². The summed E-state index contributed by atoms with van der Waals surface area (Å²) in [5.41, 5.74) is 3.40. The molecule has 1 aliphatic carbocycles. The van der Waals surface area contributed by atoms with Crippen molar-refractivity contribution in [3.8, 4) is 0 Å². The van der Waals surface area contributed by atoms with Gasteiger partial charge in [-0.25, -0.2) is 0 Å². The fraction of sp³-hybridized carbons (Fsp3) is 0.647. The molecule has 104 valence electrons. The molecule has 2 nitrogen and oxygen atoms in total. The highest BCUT2D eigenvalue weighted by Gasteiger charge is 2.28. The Bertz CT molecular complexity index is 435. The van der Waals surface area contributed by atoms with E-state index in [1.54, 1.807) is 0 Å². The molecule has 0 spiro atoms. The Kier molecular flexibility index (Phi) is 3.64. The Morgan fingerprint density at radius 3 is 2.74 bits per heavy atom. The third-order valence-corrected chi connectivity index (χ3v) is 4.33. The van der Waals surface area contributed by atoms with Gasteiger partial charge in [-0.1, -0.05) is 38.1 Å². The predicted molar refractivity (Wildman–Crippen MR) is 80.0 cm³/mol. The first-order valence-corrected chi connectivity index (χ1v) is 7.64. The second-order valence-electron chi connectivity index (χ2n) is 7.10. The van der Waals surface area contributed by atoms with Crippen LogP contribution in [0.15, 0.2) is 24.3 Å². The number of likely N-dealkylation sites (tertiary alicyclic amines) is 1. The standard InChI is InChI=1S/C17H26N2/c1-17(2)8-9-19(13-17)12-15-5-3-4-14(10-15)11-18-16-6-7-16/h3-5,10,16,18H,6-9,11-13H2,1-2H3. The van der Waals surface area contributed by atoms with Crippen LogP contribution in [0.25, 0.3) is 0 Å². The monoisotopic (exact) mass is 258 g/mol. The van der Waals surface area contributed by atoms with Crippen LogP contribution in [0.4, 0.5) is 0 Å². The van der Waals surface area contributed by atoms with Gasteiger partial charge in [0.1, 0.15) is 0 Å². The van der Waals surface area contributed by atoms with E-state index in [0.717, 1.165) is 19.1 Å². The van der Waals surface area contributed by atoms with Gasteiger partial charge in [-0.05, 0) is 42.3 Å². The van der Waals surface area contributed by atoms with Gasteiger partial charge in [-0.3, -0.25) is 4.90 Å². The number of rotatable bonds is 5. The van der Waals surface area contributed by atoms with Gasteiger partial charge in [0, 0.05) is 25.7 Å². The maximum Gasteiger partial charge on any atom is 0.0234 e. The first kappa shape index (κ1) is 13.1. The Labute approximate surface area is 117 Å². The topological polar surface area (TPSA) is 15.3 Å². The van der Waals surface area contributed by atoms with Crippen molar-refractivity contribution in [2.24, 2.45) is 5.41 Å². The number of nitrogens with one attached hydrogen (secondary N) is 1. The van der Waals surface area contributed by atoms with Crippen LogP contribution in [0.3, 0.4) is 0 Å². The van der Waals surface area contributed by atoms with Crippen molar-refractivity contribution in [2.45, 2.75) is 52.2 Å². The van der Waals surface area contributed by atoms with E-state index in [0.29, 0.717) is 5.41 Å². The molecule has 1 saturated heterocycles. The second-order valence-corrected chi connectivity index (χ2v) is 7.10. The smallest absolute Gasteiger partial charge is 0.0234 e. The molecular formula is C17H26N2. The summed E-state index contributed by atoms with van der Waals surface area (Å²) in [5.74, 6) is 0. The van der Waals surface area contributed by atoms with Crippen molar-refractivity contribution in [3.63, 3.8) is 0 Å². The highest BCUT2D eigenvalue weighted by Crippen LogP contribution is 2.29. The SMILES string of the molecule is CC1(C)CCN(Cc2cccc(CNC3CC3)c2)C1. The molecular weight excluding hydrogens is 232 g/mol. The van der Waals surface area contributed by atoms with E-state index in [9.17, 15) is 0 Å². The Balaban J connectivity index is 1.56. The van der Waals surface area contributed by atoms with Gasteiger partial charge in [-0.15, -0.1) is 0 Å². The van der Waals surface area contributed by atoms with Gasteiger partial charge >= 0.3 is 0 Å². The van der Waals surface area contributed by atoms with Crippen molar-refractivity contribution in [2.75, 3.05) is 13.1 Å². The molecule has 1 aromatic rings. The molecule has 0 atom stereocenters. The van der Waals surface area contributed by atoms with E-state index in [4.69, 9.17) is 0 Å². The van der Waals surface area contributed by atoms with E-state index in [-0.39, 0.29) is 0 Å². The zero-order valence-electron chi connectivity index (χ0n) is 12.3. The Hall–Kier alpha value is -0.860. The van der Waals surface area contributed by atoms with Gasteiger partial charge in [0.2, 0.25) is 0 Å². The van der Waals surface area contributed by atoms with Crippen LogP contribution in [0.5, 0.6) is 0 Å². The molecule has 0 aromatic heterocycles.